The van der Waals surface area contributed by atoms with Crippen molar-refractivity contribution in [3.63, 3.8) is 0 Å². The van der Waals surface area contributed by atoms with E-state index in [0.29, 0.717) is 17.7 Å². The van der Waals surface area contributed by atoms with E-state index in [1.165, 1.54) is 31.5 Å². The van der Waals surface area contributed by atoms with Gasteiger partial charge in [-0.1, -0.05) is 18.2 Å². The van der Waals surface area contributed by atoms with E-state index in [9.17, 15) is 4.79 Å². The predicted molar refractivity (Wildman–Crippen MR) is 95.7 cm³/mol. The summed E-state index contributed by atoms with van der Waals surface area (Å²) in [5.41, 5.74) is 3.10. The monoisotopic (exact) mass is 346 g/mol. The number of fused-ring (bicyclic) bond motifs is 3. The van der Waals surface area contributed by atoms with Crippen molar-refractivity contribution in [3.8, 4) is 0 Å². The van der Waals surface area contributed by atoms with Crippen LogP contribution in [0.25, 0.3) is 10.9 Å². The molecule has 0 aliphatic carbocycles. The number of aromatic nitrogens is 2. The first-order chi connectivity index (χ1) is 11.3. The molecule has 3 saturated heterocycles. The first-order valence-corrected chi connectivity index (χ1v) is 8.81. The van der Waals surface area contributed by atoms with Crippen molar-refractivity contribution >= 4 is 29.2 Å². The molecule has 1 amide bonds. The predicted octanol–water partition coefficient (Wildman–Crippen LogP) is 2.23. The minimum absolute atomic E-state index is 0. The molecule has 1 aromatic heterocycles. The minimum Gasteiger partial charge on any atom is -0.346 e. The molecule has 4 aliphatic rings. The van der Waals surface area contributed by atoms with Gasteiger partial charge >= 0.3 is 0 Å². The van der Waals surface area contributed by atoms with Gasteiger partial charge in [-0.2, -0.15) is 5.10 Å². The van der Waals surface area contributed by atoms with Crippen LogP contribution in [0.15, 0.2) is 18.2 Å². The zero-order chi connectivity index (χ0) is 15.4. The van der Waals surface area contributed by atoms with Crippen LogP contribution in [0.1, 0.15) is 35.3 Å². The van der Waals surface area contributed by atoms with Gasteiger partial charge in [-0.25, -0.2) is 0 Å². The van der Waals surface area contributed by atoms with Gasteiger partial charge in [0.1, 0.15) is 0 Å². The van der Waals surface area contributed by atoms with Crippen molar-refractivity contribution < 1.29 is 4.79 Å². The summed E-state index contributed by atoms with van der Waals surface area (Å²) < 4.78 is 2.03. The summed E-state index contributed by atoms with van der Waals surface area (Å²) in [5.74, 6) is 0.648. The molecule has 128 valence electrons. The van der Waals surface area contributed by atoms with Gasteiger partial charge in [0, 0.05) is 24.5 Å². The molecular formula is C18H23ClN4O. The van der Waals surface area contributed by atoms with E-state index >= 15 is 0 Å². The molecule has 5 heterocycles. The van der Waals surface area contributed by atoms with Gasteiger partial charge in [0.15, 0.2) is 5.69 Å². The molecule has 4 aliphatic heterocycles. The molecule has 0 spiro atoms. The lowest BCUT2D eigenvalue weighted by Crippen LogP contribution is -2.57. The second-order valence-electron chi connectivity index (χ2n) is 7.21. The molecule has 2 bridgehead atoms. The van der Waals surface area contributed by atoms with Crippen molar-refractivity contribution in [2.45, 2.75) is 38.3 Å². The lowest BCUT2D eigenvalue weighted by molar-refractivity contribution is 0.0618. The molecule has 5 nitrogen and oxygen atoms in total. The molecule has 6 rings (SSSR count). The summed E-state index contributed by atoms with van der Waals surface area (Å²) in [4.78, 5) is 15.3. The summed E-state index contributed by atoms with van der Waals surface area (Å²) in [7, 11) is 0. The molecule has 1 N–H and O–H groups in total. The fourth-order valence-electron chi connectivity index (χ4n) is 4.63. The van der Waals surface area contributed by atoms with Crippen LogP contribution in [-0.2, 0) is 13.0 Å². The average Bonchev–Trinajstić information content (AvgIpc) is 2.97. The number of nitrogens with zero attached hydrogens (tertiary/aromatic N) is 3. The van der Waals surface area contributed by atoms with Crippen LogP contribution in [0.5, 0.6) is 0 Å². The molecule has 6 heteroatoms. The maximum absolute atomic E-state index is 12.9. The Morgan fingerprint density at radius 3 is 2.79 bits per heavy atom. The van der Waals surface area contributed by atoms with E-state index in [4.69, 9.17) is 0 Å². The maximum atomic E-state index is 12.9. The Hall–Kier alpha value is -1.59. The third-order valence-electron chi connectivity index (χ3n) is 5.86. The summed E-state index contributed by atoms with van der Waals surface area (Å²) in [5, 5.41) is 8.93. The number of amides is 1. The van der Waals surface area contributed by atoms with Crippen molar-refractivity contribution in [2.75, 3.05) is 19.6 Å². The van der Waals surface area contributed by atoms with Gasteiger partial charge in [-0.05, 0) is 50.3 Å². The van der Waals surface area contributed by atoms with Crippen LogP contribution < -0.4 is 5.32 Å². The lowest BCUT2D eigenvalue weighted by atomic mass is 9.84. The van der Waals surface area contributed by atoms with Crippen LogP contribution >= 0.6 is 12.4 Å². The highest BCUT2D eigenvalue weighted by atomic mass is 35.5. The number of hydrogen-bond donors (Lipinski definition) is 1. The Balaban J connectivity index is 0.00000146. The number of benzene rings is 1. The second kappa shape index (κ2) is 6.05. The first kappa shape index (κ1) is 15.9. The number of piperidine rings is 3. The Morgan fingerprint density at radius 1 is 1.21 bits per heavy atom. The molecule has 24 heavy (non-hydrogen) atoms. The fourth-order valence-corrected chi connectivity index (χ4v) is 4.63. The van der Waals surface area contributed by atoms with Gasteiger partial charge in [0.25, 0.3) is 5.91 Å². The number of aryl methyl sites for hydroxylation is 2. The highest BCUT2D eigenvalue weighted by Crippen LogP contribution is 2.29. The fraction of sp³-hybridized carbons (Fsp3) is 0.556. The Kier molecular flexibility index (Phi) is 4.01. The summed E-state index contributed by atoms with van der Waals surface area (Å²) in [6.45, 7) is 4.30. The summed E-state index contributed by atoms with van der Waals surface area (Å²) in [6, 6.07) is 6.55. The quantitative estimate of drug-likeness (QED) is 0.907. The maximum Gasteiger partial charge on any atom is 0.272 e. The van der Waals surface area contributed by atoms with Crippen molar-refractivity contribution in [1.29, 1.82) is 0 Å². The van der Waals surface area contributed by atoms with E-state index in [2.05, 4.69) is 27.4 Å². The molecule has 2 aromatic rings. The van der Waals surface area contributed by atoms with Crippen LogP contribution in [0.2, 0.25) is 0 Å². The number of carbonyl (C=O) groups is 1. The SMILES string of the molecule is Cl.O=C(NC1CN2CCC1CC2)c1nn2c3c(cccc13)CCC2. The summed E-state index contributed by atoms with van der Waals surface area (Å²) in [6.07, 6.45) is 4.62. The van der Waals surface area contributed by atoms with Crippen molar-refractivity contribution in [1.82, 2.24) is 20.0 Å². The van der Waals surface area contributed by atoms with E-state index in [-0.39, 0.29) is 18.3 Å². The van der Waals surface area contributed by atoms with Crippen molar-refractivity contribution in [3.05, 3.63) is 29.5 Å². The van der Waals surface area contributed by atoms with Gasteiger partial charge in [-0.15, -0.1) is 12.4 Å². The number of rotatable bonds is 2. The van der Waals surface area contributed by atoms with Crippen LogP contribution in [0.3, 0.4) is 0 Å². The largest absolute Gasteiger partial charge is 0.346 e. The molecule has 3 fully saturated rings. The molecule has 1 aromatic carbocycles. The van der Waals surface area contributed by atoms with Gasteiger partial charge in [0.05, 0.1) is 5.52 Å². The number of para-hydroxylation sites is 1. The first-order valence-electron chi connectivity index (χ1n) is 8.81. The second-order valence-corrected chi connectivity index (χ2v) is 7.21. The number of carbonyl (C=O) groups excluding carboxylic acids is 1. The molecule has 0 radical (unpaired) electrons. The van der Waals surface area contributed by atoms with Crippen LogP contribution in [0.4, 0.5) is 0 Å². The van der Waals surface area contributed by atoms with E-state index in [1.807, 2.05) is 10.7 Å². The smallest absolute Gasteiger partial charge is 0.272 e. The van der Waals surface area contributed by atoms with Gasteiger partial charge < -0.3 is 10.2 Å². The number of nitrogens with one attached hydrogen (secondary N) is 1. The molecule has 1 atom stereocenters. The number of hydrogen-bond acceptors (Lipinski definition) is 3. The Morgan fingerprint density at radius 2 is 2.04 bits per heavy atom. The average molecular weight is 347 g/mol. The zero-order valence-corrected chi connectivity index (χ0v) is 14.5. The van der Waals surface area contributed by atoms with Crippen molar-refractivity contribution in [2.24, 2.45) is 5.92 Å². The van der Waals surface area contributed by atoms with E-state index in [0.717, 1.165) is 36.8 Å². The molecular weight excluding hydrogens is 324 g/mol. The van der Waals surface area contributed by atoms with Crippen LogP contribution in [-0.4, -0.2) is 46.3 Å². The Bertz CT molecular complexity index is 779. The Labute approximate surface area is 147 Å². The third-order valence-corrected chi connectivity index (χ3v) is 5.86. The van der Waals surface area contributed by atoms with Gasteiger partial charge in [0.2, 0.25) is 0 Å². The van der Waals surface area contributed by atoms with Gasteiger partial charge in [-0.3, -0.25) is 9.48 Å². The summed E-state index contributed by atoms with van der Waals surface area (Å²) >= 11 is 0. The molecule has 0 saturated carbocycles. The minimum atomic E-state index is 0. The zero-order valence-electron chi connectivity index (χ0n) is 13.7. The molecule has 1 unspecified atom stereocenters. The number of halogens is 1. The standard InChI is InChI=1S/C18H22N4O.ClH/c23-18(19-15-11-21-9-6-12(15)7-10-21)16-14-5-1-3-13-4-2-8-22(20-16)17(13)14;/h1,3,5,12,15H,2,4,6-11H2,(H,19,23);1H. The van der Waals surface area contributed by atoms with E-state index < -0.39 is 0 Å². The third kappa shape index (κ3) is 2.42. The normalized spacial score (nSPS) is 27.8. The highest BCUT2D eigenvalue weighted by Gasteiger charge is 2.35. The highest BCUT2D eigenvalue weighted by molar-refractivity contribution is 6.05. The topological polar surface area (TPSA) is 50.2 Å². The van der Waals surface area contributed by atoms with E-state index in [1.54, 1.807) is 0 Å². The lowest BCUT2D eigenvalue weighted by Gasteiger charge is -2.44. The van der Waals surface area contributed by atoms with Crippen LogP contribution in [0, 0.1) is 5.92 Å².